The van der Waals surface area contributed by atoms with Gasteiger partial charge in [0.2, 0.25) is 5.76 Å². The lowest BCUT2D eigenvalue weighted by Gasteiger charge is -2.23. The number of carbonyl (C=O) groups excluding carboxylic acids is 2. The summed E-state index contributed by atoms with van der Waals surface area (Å²) in [6.07, 6.45) is 1.44. The van der Waals surface area contributed by atoms with Crippen molar-refractivity contribution in [3.63, 3.8) is 0 Å². The van der Waals surface area contributed by atoms with Crippen LogP contribution in [0.3, 0.4) is 0 Å². The summed E-state index contributed by atoms with van der Waals surface area (Å²) < 4.78 is 35.8. The van der Waals surface area contributed by atoms with Gasteiger partial charge in [0, 0.05) is 0 Å². The Kier molecular flexibility index (Phi) is 6.45. The highest BCUT2D eigenvalue weighted by atomic mass is 32.1. The van der Waals surface area contributed by atoms with Gasteiger partial charge in [0.05, 0.1) is 36.9 Å². The van der Waals surface area contributed by atoms with Crippen LogP contribution in [0.5, 0.6) is 11.5 Å². The number of aryl methyl sites for hydroxylation is 1. The molecule has 0 fully saturated rings. The van der Waals surface area contributed by atoms with Crippen molar-refractivity contribution in [2.24, 2.45) is 0 Å². The van der Waals surface area contributed by atoms with E-state index in [4.69, 9.17) is 18.6 Å². The summed E-state index contributed by atoms with van der Waals surface area (Å²) in [5, 5.41) is 0.145. The maximum atomic E-state index is 14.1. The Balaban J connectivity index is 1.74. The van der Waals surface area contributed by atoms with Gasteiger partial charge < -0.3 is 18.6 Å². The van der Waals surface area contributed by atoms with Gasteiger partial charge in [-0.25, -0.2) is 14.2 Å². The first kappa shape index (κ1) is 25.2. The predicted molar refractivity (Wildman–Crippen MR) is 138 cm³/mol. The van der Waals surface area contributed by atoms with Crippen LogP contribution in [0.25, 0.3) is 11.0 Å². The summed E-state index contributed by atoms with van der Waals surface area (Å²) in [6.45, 7) is 5.16. The molecule has 4 aromatic rings. The van der Waals surface area contributed by atoms with Crippen LogP contribution in [0.1, 0.15) is 43.1 Å². The average molecular weight is 537 g/mol. The summed E-state index contributed by atoms with van der Waals surface area (Å²) in [6, 6.07) is 7.46. The number of fused-ring (bicyclic) bond motifs is 2. The molecule has 194 valence electrons. The summed E-state index contributed by atoms with van der Waals surface area (Å²) >= 11 is 0.944. The molecule has 1 amide bonds. The van der Waals surface area contributed by atoms with Crippen LogP contribution < -0.4 is 19.8 Å². The van der Waals surface area contributed by atoms with Crippen molar-refractivity contribution >= 4 is 39.3 Å². The summed E-state index contributed by atoms with van der Waals surface area (Å²) in [7, 11) is 2.95. The van der Waals surface area contributed by atoms with E-state index in [0.29, 0.717) is 22.8 Å². The van der Waals surface area contributed by atoms with Gasteiger partial charge in [0.25, 0.3) is 5.91 Å². The van der Waals surface area contributed by atoms with Crippen LogP contribution in [0, 0.1) is 12.7 Å². The van der Waals surface area contributed by atoms with E-state index in [2.05, 4.69) is 11.6 Å². The fourth-order valence-electron chi connectivity index (χ4n) is 4.36. The zero-order valence-corrected chi connectivity index (χ0v) is 21.4. The number of amides is 1. The van der Waals surface area contributed by atoms with Gasteiger partial charge in [-0.1, -0.05) is 30.1 Å². The van der Waals surface area contributed by atoms with E-state index in [-0.39, 0.29) is 38.9 Å². The molecular formula is C27H21FN2O7S. The second kappa shape index (κ2) is 9.75. The number of halogens is 1. The number of nitrogens with zero attached hydrogens (tertiary/aromatic N) is 2. The third-order valence-corrected chi connectivity index (χ3v) is 7.20. The Morgan fingerprint density at radius 1 is 1.18 bits per heavy atom. The minimum absolute atomic E-state index is 0.00659. The Morgan fingerprint density at radius 2 is 1.95 bits per heavy atom. The van der Waals surface area contributed by atoms with Gasteiger partial charge in [0.15, 0.2) is 22.1 Å². The van der Waals surface area contributed by atoms with Crippen molar-refractivity contribution in [1.82, 2.24) is 4.98 Å². The van der Waals surface area contributed by atoms with E-state index in [1.807, 2.05) is 0 Å². The van der Waals surface area contributed by atoms with Crippen molar-refractivity contribution < 1.29 is 32.6 Å². The smallest absolute Gasteiger partial charge is 0.350 e. The number of methoxy groups -OCH3 is 2. The lowest BCUT2D eigenvalue weighted by Crippen LogP contribution is -2.29. The number of anilines is 1. The van der Waals surface area contributed by atoms with Gasteiger partial charge in [-0.05, 0) is 42.8 Å². The first-order valence-corrected chi connectivity index (χ1v) is 12.2. The maximum Gasteiger partial charge on any atom is 0.350 e. The molecule has 5 rings (SSSR count). The Hall–Kier alpha value is -4.51. The number of thiazole rings is 1. The molecule has 2 aromatic heterocycles. The third-order valence-electron chi connectivity index (χ3n) is 6.06. The standard InChI is InChI=1S/C27H21FN2O7S/c1-5-10-36-26(33)24-13(2)29-27(38-24)30-21(14-6-8-18(34-3)19(11-14)35-4)20-22(31)16-12-15(28)7-9-17(16)37-23(20)25(30)32/h5-9,11-12,21H,1,10H2,2-4H3. The van der Waals surface area contributed by atoms with Crippen molar-refractivity contribution in [3.05, 3.63) is 92.6 Å². The number of rotatable bonds is 7. The molecule has 0 bridgehead atoms. The van der Waals surface area contributed by atoms with Crippen LogP contribution >= 0.6 is 11.3 Å². The first-order valence-electron chi connectivity index (χ1n) is 11.4. The van der Waals surface area contributed by atoms with Gasteiger partial charge >= 0.3 is 5.97 Å². The largest absolute Gasteiger partial charge is 0.493 e. The zero-order valence-electron chi connectivity index (χ0n) is 20.6. The number of hydrogen-bond donors (Lipinski definition) is 0. The van der Waals surface area contributed by atoms with Gasteiger partial charge in [-0.2, -0.15) is 0 Å². The SMILES string of the molecule is C=CCOC(=O)c1sc(N2C(=O)c3oc4ccc(F)cc4c(=O)c3C2c2ccc(OC)c(OC)c2)nc1C. The number of carbonyl (C=O) groups is 2. The molecule has 1 aliphatic rings. The Morgan fingerprint density at radius 3 is 2.66 bits per heavy atom. The molecule has 0 saturated carbocycles. The monoisotopic (exact) mass is 536 g/mol. The van der Waals surface area contributed by atoms with Crippen molar-refractivity contribution in [3.8, 4) is 11.5 Å². The average Bonchev–Trinajstić information content (AvgIpc) is 3.44. The molecule has 9 nitrogen and oxygen atoms in total. The van der Waals surface area contributed by atoms with Gasteiger partial charge in [-0.15, -0.1) is 0 Å². The second-order valence-electron chi connectivity index (χ2n) is 8.30. The Bertz CT molecular complexity index is 1680. The lowest BCUT2D eigenvalue weighted by atomic mass is 9.98. The lowest BCUT2D eigenvalue weighted by molar-refractivity contribution is 0.0554. The molecule has 11 heteroatoms. The second-order valence-corrected chi connectivity index (χ2v) is 9.28. The third kappa shape index (κ3) is 4.01. The van der Waals surface area contributed by atoms with Crippen molar-refractivity contribution in [2.75, 3.05) is 25.7 Å². The number of esters is 1. The molecule has 0 saturated heterocycles. The number of hydrogen-bond acceptors (Lipinski definition) is 9. The zero-order chi connectivity index (χ0) is 27.1. The van der Waals surface area contributed by atoms with E-state index in [9.17, 15) is 18.8 Å². The summed E-state index contributed by atoms with van der Waals surface area (Å²) in [4.78, 5) is 46.0. The molecule has 0 radical (unpaired) electrons. The molecule has 0 aliphatic carbocycles. The Labute approximate surface area is 219 Å². The van der Waals surface area contributed by atoms with Crippen LogP contribution in [-0.2, 0) is 4.74 Å². The van der Waals surface area contributed by atoms with E-state index in [0.717, 1.165) is 23.5 Å². The molecule has 0 N–H and O–H groups in total. The highest BCUT2D eigenvalue weighted by Crippen LogP contribution is 2.44. The molecule has 1 aliphatic heterocycles. The minimum atomic E-state index is -1.01. The molecule has 1 atom stereocenters. The highest BCUT2D eigenvalue weighted by molar-refractivity contribution is 7.17. The minimum Gasteiger partial charge on any atom is -0.493 e. The van der Waals surface area contributed by atoms with Crippen molar-refractivity contribution in [1.29, 1.82) is 0 Å². The van der Waals surface area contributed by atoms with Crippen LogP contribution in [-0.4, -0.2) is 37.7 Å². The van der Waals surface area contributed by atoms with E-state index in [1.54, 1.807) is 25.1 Å². The maximum absolute atomic E-state index is 14.1. The topological polar surface area (TPSA) is 108 Å². The van der Waals surface area contributed by atoms with Crippen LogP contribution in [0.15, 0.2) is 58.3 Å². The molecule has 2 aromatic carbocycles. The van der Waals surface area contributed by atoms with Gasteiger partial charge in [-0.3, -0.25) is 14.5 Å². The number of benzene rings is 2. The van der Waals surface area contributed by atoms with Crippen LogP contribution in [0.4, 0.5) is 9.52 Å². The van der Waals surface area contributed by atoms with E-state index in [1.165, 1.54) is 31.3 Å². The molecule has 38 heavy (non-hydrogen) atoms. The highest BCUT2D eigenvalue weighted by Gasteiger charge is 2.45. The fraction of sp³-hybridized carbons (Fsp3) is 0.185. The quantitative estimate of drug-likeness (QED) is 0.245. The number of ether oxygens (including phenoxy) is 3. The molecular weight excluding hydrogens is 515 g/mol. The fourth-order valence-corrected chi connectivity index (χ4v) is 5.34. The van der Waals surface area contributed by atoms with E-state index >= 15 is 0 Å². The summed E-state index contributed by atoms with van der Waals surface area (Å²) in [5.74, 6) is -1.26. The van der Waals surface area contributed by atoms with Crippen molar-refractivity contribution in [2.45, 2.75) is 13.0 Å². The first-order chi connectivity index (χ1) is 18.3. The van der Waals surface area contributed by atoms with Crippen LogP contribution in [0.2, 0.25) is 0 Å². The molecule has 3 heterocycles. The molecule has 1 unspecified atom stereocenters. The number of aromatic nitrogens is 1. The normalized spacial score (nSPS) is 14.5. The summed E-state index contributed by atoms with van der Waals surface area (Å²) in [5.41, 5.74) is 0.362. The van der Waals surface area contributed by atoms with E-state index < -0.39 is 29.2 Å². The molecule has 0 spiro atoms. The predicted octanol–water partition coefficient (Wildman–Crippen LogP) is 4.81. The van der Waals surface area contributed by atoms with Gasteiger partial charge in [0.1, 0.15) is 22.9 Å².